The molecule has 10 heteroatoms. The fraction of sp³-hybridized carbons (Fsp3) is 0.471. The van der Waals surface area contributed by atoms with Gasteiger partial charge in [-0.15, -0.1) is 0 Å². The van der Waals surface area contributed by atoms with Gasteiger partial charge in [-0.25, -0.2) is 0 Å². The Morgan fingerprint density at radius 1 is 0.625 bits per heavy atom. The zero-order valence-electron chi connectivity index (χ0n) is 50.7. The van der Waals surface area contributed by atoms with Crippen LogP contribution in [0.1, 0.15) is 180 Å². The first-order chi connectivity index (χ1) is 38.4. The number of benzene rings is 5. The van der Waals surface area contributed by atoms with Gasteiger partial charge in [0.15, 0.2) is 34.6 Å². The maximum atomic E-state index is 12.7. The molecule has 432 valence electrons. The number of esters is 1. The summed E-state index contributed by atoms with van der Waals surface area (Å²) >= 11 is 0. The van der Waals surface area contributed by atoms with E-state index in [2.05, 4.69) is 90.1 Å². The maximum absolute atomic E-state index is 12.7. The van der Waals surface area contributed by atoms with E-state index in [0.29, 0.717) is 52.3 Å². The van der Waals surface area contributed by atoms with Gasteiger partial charge in [-0.3, -0.25) is 24.2 Å². The summed E-state index contributed by atoms with van der Waals surface area (Å²) < 4.78 is 29.0. The summed E-state index contributed by atoms with van der Waals surface area (Å²) in [6.45, 7) is 24.4. The number of nitrogens with zero attached hydrogens (tertiary/aromatic N) is 1. The average molecular weight is 1090 g/mol. The highest BCUT2D eigenvalue weighted by atomic mass is 16.5. The number of aliphatic imine (C=N–C) groups is 1. The van der Waals surface area contributed by atoms with Crippen molar-refractivity contribution in [3.05, 3.63) is 159 Å². The summed E-state index contributed by atoms with van der Waals surface area (Å²) in [5, 5.41) is 0. The molecule has 5 aromatic carbocycles. The number of carbonyl (C=O) groups excluding carboxylic acids is 4. The van der Waals surface area contributed by atoms with Crippen LogP contribution in [0.15, 0.2) is 114 Å². The van der Waals surface area contributed by atoms with E-state index >= 15 is 0 Å². The van der Waals surface area contributed by atoms with Gasteiger partial charge in [-0.1, -0.05) is 140 Å². The van der Waals surface area contributed by atoms with Gasteiger partial charge in [-0.2, -0.15) is 0 Å². The van der Waals surface area contributed by atoms with Crippen LogP contribution >= 0.6 is 0 Å². The van der Waals surface area contributed by atoms with Crippen LogP contribution < -0.4 is 18.9 Å². The molecule has 0 bridgehead atoms. The van der Waals surface area contributed by atoms with Crippen molar-refractivity contribution in [2.45, 2.75) is 173 Å². The number of allylic oxidation sites excluding steroid dienone is 1. The average Bonchev–Trinajstić information content (AvgIpc) is 3.44. The van der Waals surface area contributed by atoms with E-state index in [0.717, 1.165) is 67.6 Å². The predicted octanol–water partition coefficient (Wildman–Crippen LogP) is 17.1. The molecule has 0 saturated heterocycles. The van der Waals surface area contributed by atoms with Crippen LogP contribution in [0.4, 0.5) is 5.69 Å². The summed E-state index contributed by atoms with van der Waals surface area (Å²) in [6, 6.07) is 32.2. The van der Waals surface area contributed by atoms with Crippen molar-refractivity contribution in [2.24, 2.45) is 34.6 Å². The van der Waals surface area contributed by atoms with Crippen LogP contribution in [0, 0.1) is 50.4 Å². The molecule has 6 atom stereocenters. The van der Waals surface area contributed by atoms with Gasteiger partial charge in [-0.05, 0) is 168 Å². The van der Waals surface area contributed by atoms with E-state index < -0.39 is 0 Å². The zero-order valence-corrected chi connectivity index (χ0v) is 50.7. The van der Waals surface area contributed by atoms with Crippen molar-refractivity contribution < 1.29 is 42.9 Å². The highest BCUT2D eigenvalue weighted by molar-refractivity contribution is 6.00. The van der Waals surface area contributed by atoms with Crippen LogP contribution in [-0.2, 0) is 40.4 Å². The molecular weight excluding hydrogens is 999 g/mol. The summed E-state index contributed by atoms with van der Waals surface area (Å²) in [5.41, 5.74) is 9.89. The highest BCUT2D eigenvalue weighted by Gasteiger charge is 2.23. The van der Waals surface area contributed by atoms with Gasteiger partial charge < -0.3 is 23.7 Å². The Morgan fingerprint density at radius 2 is 1.20 bits per heavy atom. The number of ketones is 3. The summed E-state index contributed by atoms with van der Waals surface area (Å²) in [6.07, 6.45) is 17.1. The third kappa shape index (κ3) is 21.0. The number of methoxy groups -OCH3 is 2. The second-order valence-electron chi connectivity index (χ2n) is 21.7. The number of carbonyl (C=O) groups is 4. The number of rotatable bonds is 25. The number of hydrogen-bond donors (Lipinski definition) is 0. The lowest BCUT2D eigenvalue weighted by atomic mass is 9.86. The van der Waals surface area contributed by atoms with E-state index in [-0.39, 0.29) is 53.8 Å². The van der Waals surface area contributed by atoms with E-state index in [4.69, 9.17) is 28.7 Å². The standard InChI is InChI=1S/C41H47NO6.C15H24O3.C14H22/c1-9-26(2)34(19-33-16-11-10-13-27(33)3)23-42-37-22-41(39(46-8)21-36(37)30(6)44)48-25-32-15-12-14-31(18-32)24-47-40-17-28(4)35(29(5)43)20-38(40)45-7;1-4-11(2)15(17)18-14-8-6-5-7-13(9-10-14)12(3)16;1-4-8-13(5-2)11-14-10-7-6-9-12(14)3/h10-18,20-23,26,34H,9,19,24-25H2,1-8H3;6,8,11,13-14H,4-5,7,9-10H2,1-3H3;6-7,9-10,13H,4-5,8,11H2,1-3H3/b;8-6+;/t;11?,13-,14?;/m.0./s1. The maximum Gasteiger partial charge on any atom is 0.309 e. The Hall–Kier alpha value is -6.81. The monoisotopic (exact) mass is 1090 g/mol. The Kier molecular flexibility index (Phi) is 28.2. The third-order valence-corrected chi connectivity index (χ3v) is 15.6. The van der Waals surface area contributed by atoms with Crippen molar-refractivity contribution in [1.29, 1.82) is 0 Å². The SMILES string of the molecule is CCC(C)C(=O)OC1/C=C/CC[C@H](C(C)=O)CC1.CCC(C)C(C=Nc1cc(OCc2cccc(COc3cc(C)c(C(C)=O)cc3OC)c2)c(OC)cc1C(C)=O)Cc1ccccc1C.CCCC(CC)Cc1ccccc1C. The first kappa shape index (κ1) is 65.7. The summed E-state index contributed by atoms with van der Waals surface area (Å²) in [7, 11) is 3.12. The van der Waals surface area contributed by atoms with E-state index in [9.17, 15) is 19.2 Å². The largest absolute Gasteiger partial charge is 0.493 e. The van der Waals surface area contributed by atoms with Crippen LogP contribution in [-0.4, -0.2) is 49.9 Å². The molecule has 6 rings (SSSR count). The molecule has 5 aromatic rings. The van der Waals surface area contributed by atoms with E-state index in [1.807, 2.05) is 69.5 Å². The van der Waals surface area contributed by atoms with Crippen molar-refractivity contribution >= 4 is 35.2 Å². The third-order valence-electron chi connectivity index (χ3n) is 15.6. The van der Waals surface area contributed by atoms with Gasteiger partial charge in [0.05, 0.1) is 25.8 Å². The molecule has 0 radical (unpaired) electrons. The van der Waals surface area contributed by atoms with Gasteiger partial charge in [0, 0.05) is 35.2 Å². The number of ether oxygens (including phenoxy) is 5. The molecule has 0 aliphatic heterocycles. The number of hydrogen-bond acceptors (Lipinski definition) is 10. The molecule has 0 saturated carbocycles. The fourth-order valence-corrected chi connectivity index (χ4v) is 9.72. The first-order valence-electron chi connectivity index (χ1n) is 29.1. The molecule has 0 N–H and O–H groups in total. The topological polar surface area (TPSA) is 127 Å². The molecule has 0 spiro atoms. The zero-order chi connectivity index (χ0) is 58.7. The lowest BCUT2D eigenvalue weighted by Gasteiger charge is -2.21. The van der Waals surface area contributed by atoms with Crippen LogP contribution in [0.3, 0.4) is 0 Å². The van der Waals surface area contributed by atoms with Gasteiger partial charge in [0.25, 0.3) is 0 Å². The fourth-order valence-electron chi connectivity index (χ4n) is 9.72. The quantitative estimate of drug-likeness (QED) is 0.0243. The van der Waals surface area contributed by atoms with Crippen molar-refractivity contribution in [2.75, 3.05) is 14.2 Å². The van der Waals surface area contributed by atoms with Crippen molar-refractivity contribution in [3.8, 4) is 23.0 Å². The minimum atomic E-state index is -0.159. The second kappa shape index (κ2) is 34.4. The minimum absolute atomic E-state index is 0.0232. The van der Waals surface area contributed by atoms with Gasteiger partial charge in [0.1, 0.15) is 25.1 Å². The smallest absolute Gasteiger partial charge is 0.309 e. The van der Waals surface area contributed by atoms with Crippen LogP contribution in [0.25, 0.3) is 0 Å². The van der Waals surface area contributed by atoms with Crippen LogP contribution in [0.2, 0.25) is 0 Å². The number of aryl methyl sites for hydroxylation is 3. The lowest BCUT2D eigenvalue weighted by Crippen LogP contribution is -2.23. The molecule has 5 unspecified atom stereocenters. The van der Waals surface area contributed by atoms with E-state index in [1.165, 1.54) is 61.8 Å². The molecule has 1 aliphatic carbocycles. The minimum Gasteiger partial charge on any atom is -0.493 e. The normalized spacial score (nSPS) is 15.9. The molecular formula is C70H93NO9. The summed E-state index contributed by atoms with van der Waals surface area (Å²) in [5.74, 6) is 3.60. The Morgan fingerprint density at radius 3 is 1.73 bits per heavy atom. The highest BCUT2D eigenvalue weighted by Crippen LogP contribution is 2.37. The van der Waals surface area contributed by atoms with Crippen LogP contribution in [0.5, 0.6) is 23.0 Å². The second-order valence-corrected chi connectivity index (χ2v) is 21.7. The molecule has 0 heterocycles. The Bertz CT molecular complexity index is 2830. The summed E-state index contributed by atoms with van der Waals surface area (Å²) in [4.78, 5) is 52.7. The molecule has 0 amide bonds. The molecule has 1 aliphatic rings. The molecule has 0 fully saturated rings. The first-order valence-corrected chi connectivity index (χ1v) is 29.1. The van der Waals surface area contributed by atoms with Gasteiger partial charge in [0.2, 0.25) is 0 Å². The Balaban J connectivity index is 0.000000348. The predicted molar refractivity (Wildman–Crippen MR) is 327 cm³/mol. The van der Waals surface area contributed by atoms with Crippen molar-refractivity contribution in [1.82, 2.24) is 0 Å². The van der Waals surface area contributed by atoms with E-state index in [1.54, 1.807) is 39.3 Å². The molecule has 0 aromatic heterocycles. The Labute approximate surface area is 480 Å². The lowest BCUT2D eigenvalue weighted by molar-refractivity contribution is -0.151. The molecule has 80 heavy (non-hydrogen) atoms. The van der Waals surface area contributed by atoms with Crippen molar-refractivity contribution in [3.63, 3.8) is 0 Å². The number of Topliss-reactive ketones (excluding diaryl/α,β-unsaturated/α-hetero) is 3. The molecule has 10 nitrogen and oxygen atoms in total. The van der Waals surface area contributed by atoms with Gasteiger partial charge >= 0.3 is 5.97 Å².